The summed E-state index contributed by atoms with van der Waals surface area (Å²) in [6, 6.07) is 7.62. The van der Waals surface area contributed by atoms with Gasteiger partial charge in [0.1, 0.15) is 0 Å². The maximum absolute atomic E-state index is 10.3. The third-order valence-electron chi connectivity index (χ3n) is 1.19. The van der Waals surface area contributed by atoms with Gasteiger partial charge in [-0.05, 0) is 19.1 Å². The summed E-state index contributed by atoms with van der Waals surface area (Å²) >= 11 is 0. The summed E-state index contributed by atoms with van der Waals surface area (Å²) in [6.07, 6.45) is 0. The Bertz CT molecular complexity index is 253. The molecule has 1 aromatic rings. The highest BCUT2D eigenvalue weighted by molar-refractivity contribution is 5.87. The van der Waals surface area contributed by atoms with E-state index in [9.17, 15) is 4.79 Å². The summed E-state index contributed by atoms with van der Waals surface area (Å²) in [5, 5.41) is 8.48. The molecule has 0 aliphatic rings. The van der Waals surface area contributed by atoms with E-state index < -0.39 is 5.97 Å². The van der Waals surface area contributed by atoms with E-state index >= 15 is 0 Å². The lowest BCUT2D eigenvalue weighted by Gasteiger charge is -1.92. The molecule has 51 valence electrons. The molecule has 0 unspecified atom stereocenters. The van der Waals surface area contributed by atoms with Crippen molar-refractivity contribution < 1.29 is 9.90 Å². The molecule has 0 fully saturated rings. The highest BCUT2D eigenvalue weighted by Crippen LogP contribution is 2.01. The van der Waals surface area contributed by atoms with Crippen LogP contribution in [-0.4, -0.2) is 11.1 Å². The number of carboxylic acid groups (broad SMARTS) is 1. The zero-order valence-corrected chi connectivity index (χ0v) is 5.59. The molecule has 0 aliphatic heterocycles. The number of carboxylic acids is 1. The van der Waals surface area contributed by atoms with Crippen molar-refractivity contribution in [3.8, 4) is 0 Å². The highest BCUT2D eigenvalue weighted by Gasteiger charge is 1.99. The van der Waals surface area contributed by atoms with Gasteiger partial charge in [0.25, 0.3) is 0 Å². The molecule has 0 aliphatic carbocycles. The molecule has 0 aromatic heterocycles. The Labute approximate surface area is 59.1 Å². The van der Waals surface area contributed by atoms with E-state index in [1.807, 2.05) is 13.0 Å². The minimum atomic E-state index is -0.927. The van der Waals surface area contributed by atoms with Crippen LogP contribution in [0.4, 0.5) is 0 Å². The van der Waals surface area contributed by atoms with Crippen LogP contribution in [0, 0.1) is 13.0 Å². The number of rotatable bonds is 1. The summed E-state index contributed by atoms with van der Waals surface area (Å²) in [5.74, 6) is -0.927. The Morgan fingerprint density at radius 1 is 1.70 bits per heavy atom. The molecule has 0 amide bonds. The van der Waals surface area contributed by atoms with Crippen LogP contribution < -0.4 is 0 Å². The molecule has 2 nitrogen and oxygen atoms in total. The van der Waals surface area contributed by atoms with E-state index in [0.717, 1.165) is 5.56 Å². The molecule has 0 heterocycles. The van der Waals surface area contributed by atoms with Crippen LogP contribution in [0.25, 0.3) is 0 Å². The molecule has 1 aromatic carbocycles. The zero-order chi connectivity index (χ0) is 7.56. The second-order valence-corrected chi connectivity index (χ2v) is 2.08. The van der Waals surface area contributed by atoms with Crippen LogP contribution in [0.5, 0.6) is 0 Å². The van der Waals surface area contributed by atoms with E-state index in [2.05, 4.69) is 6.07 Å². The lowest BCUT2D eigenvalue weighted by atomic mass is 10.1. The minimum absolute atomic E-state index is 0.222. The number of hydrogen-bond donors (Lipinski definition) is 1. The summed E-state index contributed by atoms with van der Waals surface area (Å²) in [7, 11) is 0. The first-order valence-corrected chi connectivity index (χ1v) is 2.92. The number of carbonyl (C=O) groups is 1. The van der Waals surface area contributed by atoms with Crippen molar-refractivity contribution in [1.82, 2.24) is 0 Å². The van der Waals surface area contributed by atoms with E-state index in [1.54, 1.807) is 12.1 Å². The second kappa shape index (κ2) is 2.52. The quantitative estimate of drug-likeness (QED) is 0.633. The lowest BCUT2D eigenvalue weighted by Crippen LogP contribution is -1.95. The first-order chi connectivity index (χ1) is 4.70. The van der Waals surface area contributed by atoms with Gasteiger partial charge in [-0.2, -0.15) is 0 Å². The molecule has 2 heteroatoms. The average molecular weight is 135 g/mol. The molecule has 1 radical (unpaired) electrons. The van der Waals surface area contributed by atoms with E-state index in [0.29, 0.717) is 0 Å². The predicted octanol–water partition coefficient (Wildman–Crippen LogP) is 1.49. The van der Waals surface area contributed by atoms with Crippen LogP contribution in [0.15, 0.2) is 18.2 Å². The highest BCUT2D eigenvalue weighted by atomic mass is 16.4. The van der Waals surface area contributed by atoms with Crippen LogP contribution in [-0.2, 0) is 0 Å². The van der Waals surface area contributed by atoms with Gasteiger partial charge in [-0.1, -0.05) is 17.7 Å². The van der Waals surface area contributed by atoms with Gasteiger partial charge >= 0.3 is 5.97 Å². The molecule has 10 heavy (non-hydrogen) atoms. The van der Waals surface area contributed by atoms with Crippen molar-refractivity contribution in [2.75, 3.05) is 0 Å². The number of aryl methyl sites for hydroxylation is 1. The summed E-state index contributed by atoms with van der Waals surface area (Å²) < 4.78 is 0. The predicted molar refractivity (Wildman–Crippen MR) is 37.0 cm³/mol. The topological polar surface area (TPSA) is 37.3 Å². The smallest absolute Gasteiger partial charge is 0.336 e. The maximum Gasteiger partial charge on any atom is 0.336 e. The van der Waals surface area contributed by atoms with Gasteiger partial charge in [0.15, 0.2) is 0 Å². The van der Waals surface area contributed by atoms with Gasteiger partial charge in [-0.15, -0.1) is 0 Å². The Balaban J connectivity index is 3.07. The second-order valence-electron chi connectivity index (χ2n) is 2.08. The lowest BCUT2D eigenvalue weighted by molar-refractivity contribution is 0.0696. The molecular weight excluding hydrogens is 128 g/mol. The number of aromatic carboxylic acids is 1. The van der Waals surface area contributed by atoms with Crippen LogP contribution >= 0.6 is 0 Å². The zero-order valence-electron chi connectivity index (χ0n) is 5.59. The molecule has 1 N–H and O–H groups in total. The van der Waals surface area contributed by atoms with Gasteiger partial charge in [0.2, 0.25) is 0 Å². The van der Waals surface area contributed by atoms with Gasteiger partial charge < -0.3 is 5.11 Å². The first-order valence-electron chi connectivity index (χ1n) is 2.92. The standard InChI is InChI=1S/C8H7O2/c1-6-3-2-4-7(5-6)8(9)10/h2-3,5H,1H3,(H,9,10). The summed E-state index contributed by atoms with van der Waals surface area (Å²) in [5.41, 5.74) is 1.16. The Morgan fingerprint density at radius 3 is 2.80 bits per heavy atom. The average Bonchev–Trinajstić information content (AvgIpc) is 1.88. The molecule has 0 saturated heterocycles. The van der Waals surface area contributed by atoms with Gasteiger partial charge in [-0.25, -0.2) is 4.79 Å². The molecule has 0 bridgehead atoms. The van der Waals surface area contributed by atoms with E-state index in [-0.39, 0.29) is 5.56 Å². The fourth-order valence-corrected chi connectivity index (χ4v) is 0.704. The Hall–Kier alpha value is -1.31. The van der Waals surface area contributed by atoms with Gasteiger partial charge in [0, 0.05) is 0 Å². The molecule has 1 rings (SSSR count). The normalized spacial score (nSPS) is 9.30. The fourth-order valence-electron chi connectivity index (χ4n) is 0.704. The van der Waals surface area contributed by atoms with Crippen molar-refractivity contribution in [3.63, 3.8) is 0 Å². The third-order valence-corrected chi connectivity index (χ3v) is 1.19. The van der Waals surface area contributed by atoms with Gasteiger partial charge in [-0.3, -0.25) is 0 Å². The SMILES string of the molecule is Cc1cc[c]c(C(=O)O)c1. The molecule has 0 spiro atoms. The van der Waals surface area contributed by atoms with Gasteiger partial charge in [0.05, 0.1) is 5.56 Å². The van der Waals surface area contributed by atoms with E-state index in [4.69, 9.17) is 5.11 Å². The molecule has 0 saturated carbocycles. The Kier molecular flexibility index (Phi) is 1.71. The third kappa shape index (κ3) is 1.35. The maximum atomic E-state index is 10.3. The number of hydrogen-bond acceptors (Lipinski definition) is 1. The van der Waals surface area contributed by atoms with E-state index in [1.165, 1.54) is 0 Å². The minimum Gasteiger partial charge on any atom is -0.478 e. The van der Waals surface area contributed by atoms with Crippen molar-refractivity contribution in [1.29, 1.82) is 0 Å². The van der Waals surface area contributed by atoms with Crippen molar-refractivity contribution in [2.45, 2.75) is 6.92 Å². The largest absolute Gasteiger partial charge is 0.478 e. The summed E-state index contributed by atoms with van der Waals surface area (Å²) in [6.45, 7) is 1.85. The van der Waals surface area contributed by atoms with Crippen LogP contribution in [0.1, 0.15) is 15.9 Å². The van der Waals surface area contributed by atoms with Crippen molar-refractivity contribution >= 4 is 5.97 Å². The first kappa shape index (κ1) is 6.81. The Morgan fingerprint density at radius 2 is 2.40 bits per heavy atom. The summed E-state index contributed by atoms with van der Waals surface area (Å²) in [4.78, 5) is 10.3. The fraction of sp³-hybridized carbons (Fsp3) is 0.125. The molecular formula is C8H7O2. The van der Waals surface area contributed by atoms with Crippen molar-refractivity contribution in [2.24, 2.45) is 0 Å². The van der Waals surface area contributed by atoms with Crippen molar-refractivity contribution in [3.05, 3.63) is 35.4 Å². The van der Waals surface area contributed by atoms with Crippen LogP contribution in [0.2, 0.25) is 0 Å². The monoisotopic (exact) mass is 135 g/mol. The molecule has 0 atom stereocenters. The number of benzene rings is 1. The van der Waals surface area contributed by atoms with Crippen LogP contribution in [0.3, 0.4) is 0 Å².